The standard InChI is InChI=1S/C18H13Cl2N3O2/c1-11-4-5-12(19)9-15(11)16-7-6-13(25-16)10-22-23-18(24)14-3-2-8-21-17(14)20/h2-10H,1H3,(H,23,24). The van der Waals surface area contributed by atoms with Gasteiger partial charge in [-0.3, -0.25) is 4.79 Å². The summed E-state index contributed by atoms with van der Waals surface area (Å²) in [6.45, 7) is 1.97. The molecule has 2 aromatic heterocycles. The highest BCUT2D eigenvalue weighted by Gasteiger charge is 2.10. The summed E-state index contributed by atoms with van der Waals surface area (Å²) in [5.41, 5.74) is 4.57. The fourth-order valence-electron chi connectivity index (χ4n) is 2.20. The van der Waals surface area contributed by atoms with E-state index < -0.39 is 5.91 Å². The topological polar surface area (TPSA) is 67.5 Å². The second-order valence-corrected chi connectivity index (χ2v) is 6.00. The Morgan fingerprint density at radius 1 is 1.24 bits per heavy atom. The minimum absolute atomic E-state index is 0.118. The minimum Gasteiger partial charge on any atom is -0.455 e. The van der Waals surface area contributed by atoms with Crippen molar-refractivity contribution in [1.29, 1.82) is 0 Å². The summed E-state index contributed by atoms with van der Waals surface area (Å²) in [7, 11) is 0. The molecule has 0 fully saturated rings. The molecular formula is C18H13Cl2N3O2. The Hall–Kier alpha value is -2.63. The molecule has 5 nitrogen and oxygen atoms in total. The molecule has 0 saturated heterocycles. The van der Waals surface area contributed by atoms with Crippen LogP contribution in [0, 0.1) is 6.92 Å². The second kappa shape index (κ2) is 7.51. The quantitative estimate of drug-likeness (QED) is 0.408. The maximum Gasteiger partial charge on any atom is 0.274 e. The van der Waals surface area contributed by atoms with E-state index in [0.717, 1.165) is 11.1 Å². The van der Waals surface area contributed by atoms with Crippen LogP contribution in [0.1, 0.15) is 21.7 Å². The van der Waals surface area contributed by atoms with Crippen molar-refractivity contribution in [3.63, 3.8) is 0 Å². The number of pyridine rings is 1. The van der Waals surface area contributed by atoms with Crippen LogP contribution in [-0.2, 0) is 0 Å². The van der Waals surface area contributed by atoms with E-state index in [9.17, 15) is 4.79 Å². The van der Waals surface area contributed by atoms with Gasteiger partial charge in [-0.2, -0.15) is 5.10 Å². The number of hydrazone groups is 1. The molecule has 0 aliphatic carbocycles. The number of hydrogen-bond donors (Lipinski definition) is 1. The lowest BCUT2D eigenvalue weighted by atomic mass is 10.1. The Labute approximate surface area is 154 Å². The predicted molar refractivity (Wildman–Crippen MR) is 98.2 cm³/mol. The van der Waals surface area contributed by atoms with Crippen LogP contribution in [-0.4, -0.2) is 17.1 Å². The first-order valence-electron chi connectivity index (χ1n) is 7.35. The number of carbonyl (C=O) groups is 1. The molecule has 7 heteroatoms. The van der Waals surface area contributed by atoms with Gasteiger partial charge in [0.25, 0.3) is 5.91 Å². The third kappa shape index (κ3) is 4.07. The van der Waals surface area contributed by atoms with Crippen LogP contribution < -0.4 is 5.43 Å². The van der Waals surface area contributed by atoms with Crippen molar-refractivity contribution < 1.29 is 9.21 Å². The lowest BCUT2D eigenvalue weighted by molar-refractivity contribution is 0.0955. The van der Waals surface area contributed by atoms with Crippen molar-refractivity contribution in [2.75, 3.05) is 0 Å². The molecule has 0 aliphatic heterocycles. The van der Waals surface area contributed by atoms with Gasteiger partial charge >= 0.3 is 0 Å². The summed E-state index contributed by atoms with van der Waals surface area (Å²) in [5.74, 6) is 0.710. The molecule has 0 unspecified atom stereocenters. The number of aromatic nitrogens is 1. The molecule has 3 aromatic rings. The third-order valence-electron chi connectivity index (χ3n) is 3.45. The van der Waals surface area contributed by atoms with Crippen LogP contribution >= 0.6 is 23.2 Å². The van der Waals surface area contributed by atoms with Crippen molar-refractivity contribution >= 4 is 35.3 Å². The van der Waals surface area contributed by atoms with Crippen molar-refractivity contribution in [3.05, 3.63) is 75.7 Å². The molecular weight excluding hydrogens is 361 g/mol. The van der Waals surface area contributed by atoms with E-state index in [1.807, 2.05) is 31.2 Å². The van der Waals surface area contributed by atoms with Crippen LogP contribution in [0.4, 0.5) is 0 Å². The van der Waals surface area contributed by atoms with Gasteiger partial charge in [0, 0.05) is 16.8 Å². The average molecular weight is 374 g/mol. The lowest BCUT2D eigenvalue weighted by Gasteiger charge is -2.02. The summed E-state index contributed by atoms with van der Waals surface area (Å²) < 4.78 is 5.72. The van der Waals surface area contributed by atoms with E-state index in [4.69, 9.17) is 27.6 Å². The zero-order valence-corrected chi connectivity index (χ0v) is 14.7. The molecule has 0 saturated carbocycles. The molecule has 0 aliphatic rings. The van der Waals surface area contributed by atoms with Gasteiger partial charge in [0.15, 0.2) is 0 Å². The second-order valence-electron chi connectivity index (χ2n) is 5.20. The molecule has 25 heavy (non-hydrogen) atoms. The van der Waals surface area contributed by atoms with Gasteiger partial charge < -0.3 is 4.42 Å². The van der Waals surface area contributed by atoms with Crippen molar-refractivity contribution in [2.45, 2.75) is 6.92 Å². The lowest BCUT2D eigenvalue weighted by Crippen LogP contribution is -2.18. The van der Waals surface area contributed by atoms with Gasteiger partial charge in [-0.15, -0.1) is 0 Å². The Morgan fingerprint density at radius 3 is 2.88 bits per heavy atom. The number of nitrogens with zero attached hydrogens (tertiary/aromatic N) is 2. The predicted octanol–water partition coefficient (Wildman–Crippen LogP) is 4.72. The van der Waals surface area contributed by atoms with Crippen LogP contribution in [0.3, 0.4) is 0 Å². The Kier molecular flexibility index (Phi) is 5.16. The Bertz CT molecular complexity index is 951. The molecule has 126 valence electrons. The van der Waals surface area contributed by atoms with Crippen molar-refractivity contribution in [1.82, 2.24) is 10.4 Å². The van der Waals surface area contributed by atoms with E-state index in [2.05, 4.69) is 15.5 Å². The fraction of sp³-hybridized carbons (Fsp3) is 0.0556. The number of amides is 1. The van der Waals surface area contributed by atoms with E-state index in [-0.39, 0.29) is 10.7 Å². The highest BCUT2D eigenvalue weighted by Crippen LogP contribution is 2.27. The number of nitrogens with one attached hydrogen (secondary N) is 1. The first kappa shape index (κ1) is 17.2. The van der Waals surface area contributed by atoms with Crippen LogP contribution in [0.2, 0.25) is 10.2 Å². The van der Waals surface area contributed by atoms with Crippen LogP contribution in [0.5, 0.6) is 0 Å². The molecule has 0 atom stereocenters. The monoisotopic (exact) mass is 373 g/mol. The zero-order chi connectivity index (χ0) is 17.8. The number of rotatable bonds is 4. The average Bonchev–Trinajstić information content (AvgIpc) is 3.06. The van der Waals surface area contributed by atoms with E-state index >= 15 is 0 Å². The number of furan rings is 1. The SMILES string of the molecule is Cc1ccc(Cl)cc1-c1ccc(C=NNC(=O)c2cccnc2Cl)o1. The van der Waals surface area contributed by atoms with Gasteiger partial charge in [0.2, 0.25) is 0 Å². The molecule has 0 radical (unpaired) electrons. The molecule has 1 amide bonds. The maximum absolute atomic E-state index is 12.0. The van der Waals surface area contributed by atoms with E-state index in [1.165, 1.54) is 12.4 Å². The number of hydrogen-bond acceptors (Lipinski definition) is 4. The highest BCUT2D eigenvalue weighted by atomic mass is 35.5. The smallest absolute Gasteiger partial charge is 0.274 e. The summed E-state index contributed by atoms with van der Waals surface area (Å²) in [6.07, 6.45) is 2.91. The fourth-order valence-corrected chi connectivity index (χ4v) is 2.57. The number of benzene rings is 1. The number of carbonyl (C=O) groups excluding carboxylic acids is 1. The van der Waals surface area contributed by atoms with Crippen molar-refractivity contribution in [3.8, 4) is 11.3 Å². The highest BCUT2D eigenvalue weighted by molar-refractivity contribution is 6.32. The van der Waals surface area contributed by atoms with Crippen LogP contribution in [0.25, 0.3) is 11.3 Å². The molecule has 0 spiro atoms. The first-order chi connectivity index (χ1) is 12.0. The molecule has 2 heterocycles. The first-order valence-corrected chi connectivity index (χ1v) is 8.10. The summed E-state index contributed by atoms with van der Waals surface area (Å²) >= 11 is 11.9. The van der Waals surface area contributed by atoms with E-state index in [1.54, 1.807) is 18.2 Å². The van der Waals surface area contributed by atoms with Gasteiger partial charge in [0.05, 0.1) is 11.8 Å². The molecule has 0 bridgehead atoms. The van der Waals surface area contributed by atoms with Gasteiger partial charge in [-0.1, -0.05) is 29.3 Å². The molecule has 1 aromatic carbocycles. The summed E-state index contributed by atoms with van der Waals surface area (Å²) in [6, 6.07) is 12.3. The number of aryl methyl sites for hydroxylation is 1. The van der Waals surface area contributed by atoms with Crippen molar-refractivity contribution in [2.24, 2.45) is 5.10 Å². The van der Waals surface area contributed by atoms with Crippen LogP contribution in [0.15, 0.2) is 58.2 Å². The normalized spacial score (nSPS) is 11.0. The largest absolute Gasteiger partial charge is 0.455 e. The minimum atomic E-state index is -0.452. The third-order valence-corrected chi connectivity index (χ3v) is 3.99. The van der Waals surface area contributed by atoms with Gasteiger partial charge in [0.1, 0.15) is 16.7 Å². The summed E-state index contributed by atoms with van der Waals surface area (Å²) in [4.78, 5) is 15.8. The Morgan fingerprint density at radius 2 is 2.08 bits per heavy atom. The molecule has 1 N–H and O–H groups in total. The zero-order valence-electron chi connectivity index (χ0n) is 13.2. The molecule has 3 rings (SSSR count). The Balaban J connectivity index is 1.71. The van der Waals surface area contributed by atoms with Gasteiger partial charge in [-0.25, -0.2) is 10.4 Å². The summed E-state index contributed by atoms with van der Waals surface area (Å²) in [5, 5.41) is 4.63. The van der Waals surface area contributed by atoms with E-state index in [0.29, 0.717) is 16.5 Å². The van der Waals surface area contributed by atoms with Gasteiger partial charge in [-0.05, 0) is 48.9 Å². The number of halogens is 2. The maximum atomic E-state index is 12.0.